The summed E-state index contributed by atoms with van der Waals surface area (Å²) in [7, 11) is 0. The first-order valence-corrected chi connectivity index (χ1v) is 8.01. The number of hydrogen-bond donors (Lipinski definition) is 0. The smallest absolute Gasteiger partial charge is 0.119 e. The largest absolute Gasteiger partial charge is 0.371 e. The van der Waals surface area contributed by atoms with Gasteiger partial charge in [-0.1, -0.05) is 20.8 Å². The second-order valence-corrected chi connectivity index (χ2v) is 7.42. The molecule has 1 fully saturated rings. The third kappa shape index (κ3) is 3.94. The molecule has 0 aromatic carbocycles. The van der Waals surface area contributed by atoms with E-state index in [0.717, 1.165) is 23.0 Å². The van der Waals surface area contributed by atoms with Gasteiger partial charge in [-0.2, -0.15) is 0 Å². The van der Waals surface area contributed by atoms with Crippen LogP contribution in [0.25, 0.3) is 0 Å². The lowest BCUT2D eigenvalue weighted by atomic mass is 9.71. The maximum Gasteiger partial charge on any atom is 0.119 e. The number of alkyl halides is 1. The van der Waals surface area contributed by atoms with Crippen molar-refractivity contribution in [2.75, 3.05) is 0 Å². The number of halogens is 1. The van der Waals surface area contributed by atoms with Crippen LogP contribution in [-0.2, 0) is 17.2 Å². The fourth-order valence-electron chi connectivity index (χ4n) is 3.05. The van der Waals surface area contributed by atoms with Gasteiger partial charge in [-0.25, -0.2) is 4.98 Å². The minimum absolute atomic E-state index is 0.382. The molecule has 2 atom stereocenters. The van der Waals surface area contributed by atoms with E-state index in [9.17, 15) is 0 Å². The molecule has 2 rings (SSSR count). The summed E-state index contributed by atoms with van der Waals surface area (Å²) in [6.45, 7) is 7.64. The highest BCUT2D eigenvalue weighted by molar-refractivity contribution is 7.09. The summed E-state index contributed by atoms with van der Waals surface area (Å²) < 4.78 is 6.04. The zero-order chi connectivity index (χ0) is 13.2. The summed E-state index contributed by atoms with van der Waals surface area (Å²) in [4.78, 5) is 4.43. The van der Waals surface area contributed by atoms with E-state index in [-0.39, 0.29) is 0 Å². The van der Waals surface area contributed by atoms with Gasteiger partial charge in [0.2, 0.25) is 0 Å². The van der Waals surface area contributed by atoms with E-state index in [1.807, 2.05) is 5.38 Å². The normalized spacial score (nSPS) is 27.3. The standard InChI is InChI=1S/C14H22ClNOS/c1-10-4-12(6-14(2,3)5-10)17-8-13-16-11(7-15)9-18-13/h9-10,12H,4-8H2,1-3H3. The Kier molecular flexibility index (Phi) is 4.68. The van der Waals surface area contributed by atoms with E-state index in [1.54, 1.807) is 11.3 Å². The van der Waals surface area contributed by atoms with E-state index in [2.05, 4.69) is 25.8 Å². The second kappa shape index (κ2) is 5.89. The predicted molar refractivity (Wildman–Crippen MR) is 77.0 cm³/mol. The summed E-state index contributed by atoms with van der Waals surface area (Å²) in [6.07, 6.45) is 4.02. The third-order valence-corrected chi connectivity index (χ3v) is 4.67. The molecule has 1 aliphatic carbocycles. The van der Waals surface area contributed by atoms with Crippen LogP contribution in [0.1, 0.15) is 50.7 Å². The Bertz CT molecular complexity index is 391. The molecule has 1 saturated carbocycles. The number of rotatable bonds is 4. The minimum atomic E-state index is 0.382. The molecule has 0 amide bonds. The summed E-state index contributed by atoms with van der Waals surface area (Å²) >= 11 is 7.39. The average Bonchev–Trinajstić information content (AvgIpc) is 2.71. The van der Waals surface area contributed by atoms with Crippen LogP contribution in [0.15, 0.2) is 5.38 Å². The molecule has 2 nitrogen and oxygen atoms in total. The lowest BCUT2D eigenvalue weighted by Crippen LogP contribution is -2.32. The SMILES string of the molecule is CC1CC(OCc2nc(CCl)cs2)CC(C)(C)C1. The molecule has 0 radical (unpaired) electrons. The molecule has 2 unspecified atom stereocenters. The van der Waals surface area contributed by atoms with Crippen molar-refractivity contribution in [2.24, 2.45) is 11.3 Å². The van der Waals surface area contributed by atoms with Gasteiger partial charge in [-0.3, -0.25) is 0 Å². The molecule has 18 heavy (non-hydrogen) atoms. The average molecular weight is 288 g/mol. The molecule has 0 spiro atoms. The number of hydrogen-bond acceptors (Lipinski definition) is 3. The Morgan fingerprint density at radius 2 is 2.28 bits per heavy atom. The molecule has 0 N–H and O–H groups in total. The van der Waals surface area contributed by atoms with E-state index < -0.39 is 0 Å². The summed E-state index contributed by atoms with van der Waals surface area (Å²) in [5.74, 6) is 1.25. The Labute approximate surface area is 119 Å². The molecule has 1 aromatic heterocycles. The van der Waals surface area contributed by atoms with Gasteiger partial charge >= 0.3 is 0 Å². The maximum absolute atomic E-state index is 6.04. The van der Waals surface area contributed by atoms with Gasteiger partial charge in [0.15, 0.2) is 0 Å². The molecule has 102 valence electrons. The minimum Gasteiger partial charge on any atom is -0.371 e. The van der Waals surface area contributed by atoms with Crippen LogP contribution in [0.4, 0.5) is 0 Å². The highest BCUT2D eigenvalue weighted by Crippen LogP contribution is 2.39. The molecule has 1 aliphatic rings. The molecule has 4 heteroatoms. The van der Waals surface area contributed by atoms with Crippen LogP contribution in [-0.4, -0.2) is 11.1 Å². The summed E-state index contributed by atoms with van der Waals surface area (Å²) in [5, 5.41) is 3.06. The zero-order valence-corrected chi connectivity index (χ0v) is 13.0. The van der Waals surface area contributed by atoms with Crippen molar-refractivity contribution in [3.63, 3.8) is 0 Å². The van der Waals surface area contributed by atoms with Crippen LogP contribution < -0.4 is 0 Å². The van der Waals surface area contributed by atoms with E-state index in [0.29, 0.717) is 24.0 Å². The van der Waals surface area contributed by atoms with Crippen LogP contribution in [0.5, 0.6) is 0 Å². The van der Waals surface area contributed by atoms with Gasteiger partial charge in [-0.15, -0.1) is 22.9 Å². The zero-order valence-electron chi connectivity index (χ0n) is 11.4. The lowest BCUT2D eigenvalue weighted by molar-refractivity contribution is -0.0316. The van der Waals surface area contributed by atoms with Gasteiger partial charge in [0.05, 0.1) is 24.3 Å². The van der Waals surface area contributed by atoms with Crippen LogP contribution in [0.3, 0.4) is 0 Å². The number of thiazole rings is 1. The van der Waals surface area contributed by atoms with Crippen LogP contribution >= 0.6 is 22.9 Å². The molecule has 1 aromatic rings. The first-order chi connectivity index (χ1) is 8.48. The summed E-state index contributed by atoms with van der Waals surface area (Å²) in [5.41, 5.74) is 1.37. The summed E-state index contributed by atoms with van der Waals surface area (Å²) in [6, 6.07) is 0. The molecule has 0 bridgehead atoms. The van der Waals surface area contributed by atoms with Crippen LogP contribution in [0.2, 0.25) is 0 Å². The molecule has 0 saturated heterocycles. The number of ether oxygens (including phenoxy) is 1. The van der Waals surface area contributed by atoms with Crippen molar-refractivity contribution in [3.8, 4) is 0 Å². The van der Waals surface area contributed by atoms with Gasteiger partial charge in [0.1, 0.15) is 5.01 Å². The van der Waals surface area contributed by atoms with E-state index >= 15 is 0 Å². The fraction of sp³-hybridized carbons (Fsp3) is 0.786. The van der Waals surface area contributed by atoms with Gasteiger partial charge in [0.25, 0.3) is 0 Å². The highest BCUT2D eigenvalue weighted by Gasteiger charge is 2.32. The molecule has 1 heterocycles. The monoisotopic (exact) mass is 287 g/mol. The fourth-order valence-corrected chi connectivity index (χ4v) is 3.99. The predicted octanol–water partition coefficient (Wildman–Crippen LogP) is 4.61. The van der Waals surface area contributed by atoms with Crippen molar-refractivity contribution < 1.29 is 4.74 Å². The number of nitrogens with zero attached hydrogens (tertiary/aromatic N) is 1. The molecular weight excluding hydrogens is 266 g/mol. The quantitative estimate of drug-likeness (QED) is 0.754. The van der Waals surface area contributed by atoms with Crippen molar-refractivity contribution in [3.05, 3.63) is 16.1 Å². The Hall–Kier alpha value is -0.120. The van der Waals surface area contributed by atoms with E-state index in [4.69, 9.17) is 16.3 Å². The molecular formula is C14H22ClNOS. The topological polar surface area (TPSA) is 22.1 Å². The Balaban J connectivity index is 1.86. The highest BCUT2D eigenvalue weighted by atomic mass is 35.5. The third-order valence-electron chi connectivity index (χ3n) is 3.53. The first kappa shape index (κ1) is 14.3. The number of aromatic nitrogens is 1. The van der Waals surface area contributed by atoms with Crippen molar-refractivity contribution in [2.45, 2.75) is 58.6 Å². The van der Waals surface area contributed by atoms with Crippen molar-refractivity contribution in [1.29, 1.82) is 0 Å². The Morgan fingerprint density at radius 1 is 1.50 bits per heavy atom. The van der Waals surface area contributed by atoms with Crippen molar-refractivity contribution in [1.82, 2.24) is 4.98 Å². The Morgan fingerprint density at radius 3 is 2.89 bits per heavy atom. The van der Waals surface area contributed by atoms with E-state index in [1.165, 1.54) is 12.8 Å². The lowest BCUT2D eigenvalue weighted by Gasteiger charge is -2.38. The maximum atomic E-state index is 6.04. The van der Waals surface area contributed by atoms with Gasteiger partial charge in [-0.05, 0) is 30.6 Å². The second-order valence-electron chi connectivity index (χ2n) is 6.21. The van der Waals surface area contributed by atoms with Crippen LogP contribution in [0, 0.1) is 11.3 Å². The first-order valence-electron chi connectivity index (χ1n) is 6.59. The molecule has 0 aliphatic heterocycles. The van der Waals surface area contributed by atoms with Crippen molar-refractivity contribution >= 4 is 22.9 Å². The van der Waals surface area contributed by atoms with Gasteiger partial charge in [0, 0.05) is 5.38 Å². The van der Waals surface area contributed by atoms with Gasteiger partial charge < -0.3 is 4.74 Å².